The van der Waals surface area contributed by atoms with Crippen LogP contribution in [-0.2, 0) is 6.54 Å². The average molecular weight is 257 g/mol. The Hall–Kier alpha value is -1.37. The van der Waals surface area contributed by atoms with Gasteiger partial charge in [-0.1, -0.05) is 24.3 Å². The van der Waals surface area contributed by atoms with Crippen LogP contribution in [0.4, 0.5) is 5.69 Å². The van der Waals surface area contributed by atoms with Crippen molar-refractivity contribution < 1.29 is 0 Å². The van der Waals surface area contributed by atoms with Gasteiger partial charge in [0, 0.05) is 38.3 Å². The third-order valence-corrected chi connectivity index (χ3v) is 3.79. The Morgan fingerprint density at radius 3 is 2.11 bits per heavy atom. The summed E-state index contributed by atoms with van der Waals surface area (Å²) in [4.78, 5) is 8.47. The zero-order valence-electron chi connectivity index (χ0n) is 12.2. The fourth-order valence-electron chi connectivity index (χ4n) is 2.51. The van der Waals surface area contributed by atoms with Gasteiger partial charge in [0.1, 0.15) is 0 Å². The fraction of sp³-hybridized carbons (Fsp3) is 0.562. The van der Waals surface area contributed by atoms with E-state index in [0.717, 1.165) is 38.4 Å². The summed E-state index contributed by atoms with van der Waals surface area (Å²) in [6.45, 7) is 19.3. The molecule has 0 aromatic heterocycles. The van der Waals surface area contributed by atoms with Gasteiger partial charge in [-0.15, -0.1) is 0 Å². The van der Waals surface area contributed by atoms with Crippen molar-refractivity contribution in [3.05, 3.63) is 41.2 Å². The highest BCUT2D eigenvalue weighted by atomic mass is 15.3. The molecule has 0 radical (unpaired) electrons. The maximum atomic E-state index is 6.96. The lowest BCUT2D eigenvalue weighted by Crippen LogP contribution is -2.53. The van der Waals surface area contributed by atoms with Crippen LogP contribution in [0.25, 0.3) is 4.85 Å². The molecule has 0 N–H and O–H groups in total. The number of piperazine rings is 1. The zero-order valence-corrected chi connectivity index (χ0v) is 12.2. The molecule has 102 valence electrons. The Bertz CT molecular complexity index is 442. The lowest BCUT2D eigenvalue weighted by molar-refractivity contribution is 0.0591. The number of hydrogen-bond acceptors (Lipinski definition) is 2. The summed E-state index contributed by atoms with van der Waals surface area (Å²) in [7, 11) is 0. The summed E-state index contributed by atoms with van der Waals surface area (Å²) in [5, 5.41) is 0. The van der Waals surface area contributed by atoms with Crippen molar-refractivity contribution in [2.75, 3.05) is 26.2 Å². The van der Waals surface area contributed by atoms with Crippen molar-refractivity contribution in [3.63, 3.8) is 0 Å². The number of rotatable bonds is 2. The molecule has 0 saturated carbocycles. The average Bonchev–Trinajstić information content (AvgIpc) is 2.39. The Morgan fingerprint density at radius 2 is 1.63 bits per heavy atom. The van der Waals surface area contributed by atoms with Gasteiger partial charge >= 0.3 is 0 Å². The van der Waals surface area contributed by atoms with Gasteiger partial charge in [0.05, 0.1) is 6.57 Å². The lowest BCUT2D eigenvalue weighted by Gasteiger charge is -2.42. The van der Waals surface area contributed by atoms with Crippen LogP contribution in [0.2, 0.25) is 0 Å². The molecule has 19 heavy (non-hydrogen) atoms. The van der Waals surface area contributed by atoms with Gasteiger partial charge in [0.15, 0.2) is 5.69 Å². The van der Waals surface area contributed by atoms with Crippen molar-refractivity contribution in [2.24, 2.45) is 0 Å². The minimum Gasteiger partial charge on any atom is -0.297 e. The molecule has 3 nitrogen and oxygen atoms in total. The molecule has 2 rings (SSSR count). The van der Waals surface area contributed by atoms with E-state index in [-0.39, 0.29) is 5.54 Å². The molecule has 0 spiro atoms. The molecule has 0 bridgehead atoms. The molecule has 0 amide bonds. The van der Waals surface area contributed by atoms with Gasteiger partial charge in [0.2, 0.25) is 0 Å². The van der Waals surface area contributed by atoms with Gasteiger partial charge in [-0.3, -0.25) is 9.80 Å². The van der Waals surface area contributed by atoms with E-state index in [1.165, 1.54) is 5.56 Å². The summed E-state index contributed by atoms with van der Waals surface area (Å²) >= 11 is 0. The molecule has 1 fully saturated rings. The summed E-state index contributed by atoms with van der Waals surface area (Å²) in [6, 6.07) is 7.97. The minimum atomic E-state index is 0.281. The van der Waals surface area contributed by atoms with Gasteiger partial charge in [-0.25, -0.2) is 4.85 Å². The van der Waals surface area contributed by atoms with Crippen molar-refractivity contribution in [2.45, 2.75) is 32.9 Å². The first-order chi connectivity index (χ1) is 8.99. The molecule has 1 heterocycles. The van der Waals surface area contributed by atoms with Crippen LogP contribution < -0.4 is 0 Å². The summed E-state index contributed by atoms with van der Waals surface area (Å²) in [5.74, 6) is 0. The standard InChI is InChI=1S/C16H23N3/c1-16(2,3)19-11-9-18(10-12-19)13-14-5-7-15(17-4)8-6-14/h5-8H,9-13H2,1-3H3. The van der Waals surface area contributed by atoms with E-state index >= 15 is 0 Å². The van der Waals surface area contributed by atoms with Crippen LogP contribution >= 0.6 is 0 Å². The van der Waals surface area contributed by atoms with E-state index in [4.69, 9.17) is 6.57 Å². The van der Waals surface area contributed by atoms with Crippen molar-refractivity contribution >= 4 is 5.69 Å². The highest BCUT2D eigenvalue weighted by molar-refractivity contribution is 5.45. The summed E-state index contributed by atoms with van der Waals surface area (Å²) in [5.41, 5.74) is 2.31. The van der Waals surface area contributed by atoms with Crippen LogP contribution in [0.15, 0.2) is 24.3 Å². The largest absolute Gasteiger partial charge is 0.297 e. The van der Waals surface area contributed by atoms with Crippen LogP contribution in [-0.4, -0.2) is 41.5 Å². The Balaban J connectivity index is 1.87. The molecule has 0 atom stereocenters. The third kappa shape index (κ3) is 3.79. The van der Waals surface area contributed by atoms with Crippen LogP contribution in [0.1, 0.15) is 26.3 Å². The highest BCUT2D eigenvalue weighted by Gasteiger charge is 2.25. The van der Waals surface area contributed by atoms with Crippen LogP contribution in [0.5, 0.6) is 0 Å². The monoisotopic (exact) mass is 257 g/mol. The SMILES string of the molecule is [C-]#[N+]c1ccc(CN2CCN(C(C)(C)C)CC2)cc1. The molecule has 1 saturated heterocycles. The third-order valence-electron chi connectivity index (χ3n) is 3.79. The predicted molar refractivity (Wildman–Crippen MR) is 79.3 cm³/mol. The maximum Gasteiger partial charge on any atom is 0.187 e. The maximum absolute atomic E-state index is 6.96. The first-order valence-electron chi connectivity index (χ1n) is 6.93. The molecule has 1 aromatic carbocycles. The van der Waals surface area contributed by atoms with E-state index in [0.29, 0.717) is 0 Å². The highest BCUT2D eigenvalue weighted by Crippen LogP contribution is 2.18. The molecule has 3 heteroatoms. The van der Waals surface area contributed by atoms with Crippen molar-refractivity contribution in [1.29, 1.82) is 0 Å². The molecule has 1 aliphatic rings. The van der Waals surface area contributed by atoms with E-state index in [1.54, 1.807) is 0 Å². The van der Waals surface area contributed by atoms with Crippen LogP contribution in [0, 0.1) is 6.57 Å². The molecular formula is C16H23N3. The van der Waals surface area contributed by atoms with Crippen molar-refractivity contribution in [1.82, 2.24) is 9.80 Å². The normalized spacial score (nSPS) is 18.2. The molecule has 1 aromatic rings. The van der Waals surface area contributed by atoms with Gasteiger partial charge in [-0.05, 0) is 26.3 Å². The van der Waals surface area contributed by atoms with E-state index in [1.807, 2.05) is 12.1 Å². The lowest BCUT2D eigenvalue weighted by atomic mass is 10.0. The van der Waals surface area contributed by atoms with E-state index in [2.05, 4.69) is 47.5 Å². The second-order valence-electron chi connectivity index (χ2n) is 6.21. The molecule has 1 aliphatic heterocycles. The second kappa shape index (κ2) is 5.73. The zero-order chi connectivity index (χ0) is 13.9. The first-order valence-corrected chi connectivity index (χ1v) is 6.93. The molecule has 0 unspecified atom stereocenters. The summed E-state index contributed by atoms with van der Waals surface area (Å²) in [6.07, 6.45) is 0. The fourth-order valence-corrected chi connectivity index (χ4v) is 2.51. The van der Waals surface area contributed by atoms with E-state index < -0.39 is 0 Å². The first kappa shape index (κ1) is 14.0. The van der Waals surface area contributed by atoms with E-state index in [9.17, 15) is 0 Å². The predicted octanol–water partition coefficient (Wildman–Crippen LogP) is 3.15. The number of nitrogens with zero attached hydrogens (tertiary/aromatic N) is 3. The van der Waals surface area contributed by atoms with Crippen LogP contribution in [0.3, 0.4) is 0 Å². The number of benzene rings is 1. The molecular weight excluding hydrogens is 234 g/mol. The van der Waals surface area contributed by atoms with Crippen molar-refractivity contribution in [3.8, 4) is 0 Å². The Morgan fingerprint density at radius 1 is 1.05 bits per heavy atom. The van der Waals surface area contributed by atoms with Gasteiger partial charge in [0.25, 0.3) is 0 Å². The Labute approximate surface area is 116 Å². The van der Waals surface area contributed by atoms with Gasteiger partial charge in [-0.2, -0.15) is 0 Å². The number of hydrogen-bond donors (Lipinski definition) is 0. The quantitative estimate of drug-likeness (QED) is 0.754. The molecule has 0 aliphatic carbocycles. The Kier molecular flexibility index (Phi) is 4.24. The second-order valence-corrected chi connectivity index (χ2v) is 6.21. The van der Waals surface area contributed by atoms with Gasteiger partial charge < -0.3 is 0 Å². The summed E-state index contributed by atoms with van der Waals surface area (Å²) < 4.78 is 0. The topological polar surface area (TPSA) is 10.8 Å². The minimum absolute atomic E-state index is 0.281. The smallest absolute Gasteiger partial charge is 0.187 e.